The quantitative estimate of drug-likeness (QED) is 0.424. The van der Waals surface area contributed by atoms with Crippen LogP contribution in [0.2, 0.25) is 0 Å². The highest BCUT2D eigenvalue weighted by atomic mass is 79.9. The standard InChI is InChI=1S/C19H15BrN2O4/c20-11-8-15-13-5-2-6-14(13)17(21-18(15)16(9-11)19(23)24)10-3-1-4-12(7-10)22(25)26/h1-5,7-9,13-14,17,21H,6H2,(H,23,24). The predicted molar refractivity (Wildman–Crippen MR) is 101 cm³/mol. The Morgan fingerprint density at radius 2 is 2.12 bits per heavy atom. The molecule has 0 aromatic heterocycles. The lowest BCUT2D eigenvalue weighted by molar-refractivity contribution is -0.384. The van der Waals surface area contributed by atoms with Gasteiger partial charge in [0.05, 0.1) is 22.2 Å². The SMILES string of the molecule is O=C(O)c1cc(Br)cc2c1NC(c1cccc([N+](=O)[O-])c1)C1CC=CC21. The molecule has 26 heavy (non-hydrogen) atoms. The van der Waals surface area contributed by atoms with E-state index >= 15 is 0 Å². The van der Waals surface area contributed by atoms with Crippen molar-refractivity contribution in [3.05, 3.63) is 79.8 Å². The minimum Gasteiger partial charge on any atom is -0.478 e. The molecule has 0 spiro atoms. The number of halogens is 1. The molecule has 7 heteroatoms. The lowest BCUT2D eigenvalue weighted by Crippen LogP contribution is -2.30. The maximum Gasteiger partial charge on any atom is 0.337 e. The third-order valence-corrected chi connectivity index (χ3v) is 5.56. The van der Waals surface area contributed by atoms with Gasteiger partial charge in [0, 0.05) is 22.5 Å². The van der Waals surface area contributed by atoms with Crippen molar-refractivity contribution in [3.8, 4) is 0 Å². The van der Waals surface area contributed by atoms with Crippen molar-refractivity contribution in [1.29, 1.82) is 0 Å². The van der Waals surface area contributed by atoms with E-state index in [9.17, 15) is 20.0 Å². The number of carboxylic acids is 1. The number of hydrogen-bond acceptors (Lipinski definition) is 4. The highest BCUT2D eigenvalue weighted by Crippen LogP contribution is 2.51. The molecule has 2 aromatic rings. The predicted octanol–water partition coefficient (Wildman–Crippen LogP) is 4.88. The number of rotatable bonds is 3. The molecule has 0 radical (unpaired) electrons. The molecule has 2 N–H and O–H groups in total. The first-order valence-electron chi connectivity index (χ1n) is 8.20. The summed E-state index contributed by atoms with van der Waals surface area (Å²) in [6.45, 7) is 0. The van der Waals surface area contributed by atoms with E-state index < -0.39 is 10.9 Å². The molecule has 6 nitrogen and oxygen atoms in total. The second kappa shape index (κ2) is 6.25. The topological polar surface area (TPSA) is 92.5 Å². The Morgan fingerprint density at radius 3 is 2.85 bits per heavy atom. The number of nitro groups is 1. The first-order chi connectivity index (χ1) is 12.5. The fourth-order valence-electron chi connectivity index (χ4n) is 3.99. The van der Waals surface area contributed by atoms with E-state index in [-0.39, 0.29) is 29.1 Å². The average Bonchev–Trinajstić information content (AvgIpc) is 3.10. The Hall–Kier alpha value is -2.67. The van der Waals surface area contributed by atoms with Crippen LogP contribution in [0.3, 0.4) is 0 Å². The Morgan fingerprint density at radius 1 is 1.31 bits per heavy atom. The monoisotopic (exact) mass is 414 g/mol. The van der Waals surface area contributed by atoms with E-state index in [1.165, 1.54) is 6.07 Å². The molecule has 3 atom stereocenters. The lowest BCUT2D eigenvalue weighted by Gasteiger charge is -2.38. The van der Waals surface area contributed by atoms with Crippen molar-refractivity contribution in [2.45, 2.75) is 18.4 Å². The maximum atomic E-state index is 11.7. The summed E-state index contributed by atoms with van der Waals surface area (Å²) in [5, 5.41) is 24.1. The van der Waals surface area contributed by atoms with Gasteiger partial charge in [-0.2, -0.15) is 0 Å². The minimum atomic E-state index is -1.01. The molecule has 1 aliphatic carbocycles. The Balaban J connectivity index is 1.85. The molecule has 4 rings (SSSR count). The zero-order valence-corrected chi connectivity index (χ0v) is 15.1. The van der Waals surface area contributed by atoms with Crippen molar-refractivity contribution < 1.29 is 14.8 Å². The van der Waals surface area contributed by atoms with Crippen molar-refractivity contribution in [1.82, 2.24) is 0 Å². The molecule has 0 saturated carbocycles. The van der Waals surface area contributed by atoms with Crippen LogP contribution in [0, 0.1) is 16.0 Å². The van der Waals surface area contributed by atoms with Crippen LogP contribution in [-0.2, 0) is 0 Å². The molecule has 2 aromatic carbocycles. The van der Waals surface area contributed by atoms with Crippen LogP contribution in [0.15, 0.2) is 53.0 Å². The number of carbonyl (C=O) groups is 1. The summed E-state index contributed by atoms with van der Waals surface area (Å²) in [6, 6.07) is 9.89. The Labute approximate surface area is 157 Å². The summed E-state index contributed by atoms with van der Waals surface area (Å²) < 4.78 is 0.725. The van der Waals surface area contributed by atoms with Crippen LogP contribution in [-0.4, -0.2) is 16.0 Å². The number of anilines is 1. The number of aromatic carboxylic acids is 1. The summed E-state index contributed by atoms with van der Waals surface area (Å²) in [5.74, 6) is -0.750. The molecule has 3 unspecified atom stereocenters. The van der Waals surface area contributed by atoms with Crippen LogP contribution in [0.25, 0.3) is 0 Å². The summed E-state index contributed by atoms with van der Waals surface area (Å²) >= 11 is 3.40. The highest BCUT2D eigenvalue weighted by molar-refractivity contribution is 9.10. The van der Waals surface area contributed by atoms with Gasteiger partial charge in [0.2, 0.25) is 0 Å². The van der Waals surface area contributed by atoms with Crippen LogP contribution in [0.1, 0.15) is 39.9 Å². The first kappa shape index (κ1) is 16.8. The van der Waals surface area contributed by atoms with Gasteiger partial charge < -0.3 is 10.4 Å². The van der Waals surface area contributed by atoms with E-state index in [0.29, 0.717) is 5.69 Å². The van der Waals surface area contributed by atoms with E-state index in [1.54, 1.807) is 18.2 Å². The number of carboxylic acid groups (broad SMARTS) is 1. The smallest absolute Gasteiger partial charge is 0.337 e. The van der Waals surface area contributed by atoms with E-state index in [1.807, 2.05) is 12.1 Å². The van der Waals surface area contributed by atoms with Gasteiger partial charge in [0.1, 0.15) is 0 Å². The second-order valence-electron chi connectivity index (χ2n) is 6.55. The number of nitrogens with one attached hydrogen (secondary N) is 1. The molecule has 0 amide bonds. The van der Waals surface area contributed by atoms with Crippen molar-refractivity contribution in [2.24, 2.45) is 5.92 Å². The zero-order chi connectivity index (χ0) is 18.4. The largest absolute Gasteiger partial charge is 0.478 e. The van der Waals surface area contributed by atoms with Gasteiger partial charge >= 0.3 is 5.97 Å². The minimum absolute atomic E-state index is 0.0341. The van der Waals surface area contributed by atoms with E-state index in [4.69, 9.17) is 0 Å². The molecule has 0 bridgehead atoms. The van der Waals surface area contributed by atoms with Gasteiger partial charge in [0.15, 0.2) is 0 Å². The number of non-ortho nitro benzene ring substituents is 1. The fourth-order valence-corrected chi connectivity index (χ4v) is 4.47. The summed E-state index contributed by atoms with van der Waals surface area (Å²) in [7, 11) is 0. The summed E-state index contributed by atoms with van der Waals surface area (Å²) in [4.78, 5) is 22.5. The van der Waals surface area contributed by atoms with Crippen LogP contribution in [0.4, 0.5) is 11.4 Å². The molecule has 2 aliphatic rings. The molecule has 1 aliphatic heterocycles. The number of allylic oxidation sites excluding steroid dienone is 2. The van der Waals surface area contributed by atoms with Gasteiger partial charge in [-0.1, -0.05) is 40.2 Å². The molecule has 1 heterocycles. The van der Waals surface area contributed by atoms with Gasteiger partial charge in [-0.15, -0.1) is 0 Å². The number of nitro benzene ring substituents is 1. The number of benzene rings is 2. The molecule has 0 fully saturated rings. The first-order valence-corrected chi connectivity index (χ1v) is 8.99. The normalized spacial score (nSPS) is 23.0. The highest BCUT2D eigenvalue weighted by Gasteiger charge is 2.40. The van der Waals surface area contributed by atoms with Crippen LogP contribution >= 0.6 is 15.9 Å². The Bertz CT molecular complexity index is 957. The average molecular weight is 415 g/mol. The fraction of sp³-hybridized carbons (Fsp3) is 0.211. The van der Waals surface area contributed by atoms with Gasteiger partial charge in [-0.25, -0.2) is 4.79 Å². The maximum absolute atomic E-state index is 11.7. The Kier molecular flexibility index (Phi) is 4.03. The molecule has 0 saturated heterocycles. The van der Waals surface area contributed by atoms with Gasteiger partial charge in [0.25, 0.3) is 5.69 Å². The second-order valence-corrected chi connectivity index (χ2v) is 7.47. The van der Waals surface area contributed by atoms with Gasteiger partial charge in [-0.05, 0) is 35.6 Å². The summed E-state index contributed by atoms with van der Waals surface area (Å²) in [5.41, 5.74) is 2.56. The van der Waals surface area contributed by atoms with Gasteiger partial charge in [-0.3, -0.25) is 10.1 Å². The molecule has 132 valence electrons. The third kappa shape index (κ3) is 2.68. The van der Waals surface area contributed by atoms with Crippen LogP contribution in [0.5, 0.6) is 0 Å². The lowest BCUT2D eigenvalue weighted by atomic mass is 9.76. The number of hydrogen-bond donors (Lipinski definition) is 2. The van der Waals surface area contributed by atoms with E-state index in [2.05, 4.69) is 33.4 Å². The summed E-state index contributed by atoms with van der Waals surface area (Å²) in [6.07, 6.45) is 5.03. The number of nitrogens with zero attached hydrogens (tertiary/aromatic N) is 1. The van der Waals surface area contributed by atoms with Crippen LogP contribution < -0.4 is 5.32 Å². The molecular formula is C19H15BrN2O4. The van der Waals surface area contributed by atoms with E-state index in [0.717, 1.165) is 22.0 Å². The zero-order valence-electron chi connectivity index (χ0n) is 13.6. The molecular weight excluding hydrogens is 400 g/mol. The van der Waals surface area contributed by atoms with Crippen molar-refractivity contribution >= 4 is 33.3 Å². The third-order valence-electron chi connectivity index (χ3n) is 5.10. The number of fused-ring (bicyclic) bond motifs is 3. The van der Waals surface area contributed by atoms with Crippen molar-refractivity contribution in [3.63, 3.8) is 0 Å². The van der Waals surface area contributed by atoms with Crippen molar-refractivity contribution in [2.75, 3.05) is 5.32 Å².